The van der Waals surface area contributed by atoms with E-state index in [9.17, 15) is 9.59 Å². The third kappa shape index (κ3) is 7.73. The van der Waals surface area contributed by atoms with Crippen LogP contribution < -0.4 is 10.2 Å². The van der Waals surface area contributed by atoms with E-state index in [-0.39, 0.29) is 24.2 Å². The number of hydrogen-bond acceptors (Lipinski definition) is 7. The maximum atomic E-state index is 12.6. The lowest BCUT2D eigenvalue weighted by molar-refractivity contribution is -0.142. The topological polar surface area (TPSA) is 74.8 Å². The van der Waals surface area contributed by atoms with Gasteiger partial charge in [-0.1, -0.05) is 66.2 Å². The zero-order valence-electron chi connectivity index (χ0n) is 23.0. The average Bonchev–Trinajstić information content (AvgIpc) is 3.42. The Kier molecular flexibility index (Phi) is 9.67. The van der Waals surface area contributed by atoms with Gasteiger partial charge in [-0.3, -0.25) is 14.5 Å². The van der Waals surface area contributed by atoms with Crippen molar-refractivity contribution in [2.24, 2.45) is 0 Å². The van der Waals surface area contributed by atoms with Crippen molar-refractivity contribution in [1.82, 2.24) is 9.88 Å². The summed E-state index contributed by atoms with van der Waals surface area (Å²) in [6.07, 6.45) is 0.108. The molecule has 1 amide bonds. The van der Waals surface area contributed by atoms with Gasteiger partial charge in [-0.2, -0.15) is 0 Å². The van der Waals surface area contributed by atoms with Crippen molar-refractivity contribution in [2.75, 3.05) is 49.5 Å². The summed E-state index contributed by atoms with van der Waals surface area (Å²) in [5.74, 6) is -0.299. The highest BCUT2D eigenvalue weighted by Gasteiger charge is 2.21. The molecule has 1 unspecified atom stereocenters. The van der Waals surface area contributed by atoms with Gasteiger partial charge < -0.3 is 15.0 Å². The van der Waals surface area contributed by atoms with Gasteiger partial charge in [0.25, 0.3) is 0 Å². The number of halogens is 1. The van der Waals surface area contributed by atoms with Crippen LogP contribution in [0.15, 0.2) is 84.2 Å². The average molecular weight is 589 g/mol. The summed E-state index contributed by atoms with van der Waals surface area (Å²) in [6, 6.07) is 27.4. The fourth-order valence-corrected chi connectivity index (χ4v) is 5.94. The summed E-state index contributed by atoms with van der Waals surface area (Å²) >= 11 is 7.48. The number of nitrogens with one attached hydrogen (secondary N) is 1. The van der Waals surface area contributed by atoms with Crippen LogP contribution in [0.3, 0.4) is 0 Å². The fourth-order valence-electron chi connectivity index (χ4n) is 5.09. The zero-order chi connectivity index (χ0) is 28.6. The molecule has 1 aromatic heterocycles. The number of piperazine rings is 1. The number of hydrogen-bond donors (Lipinski definition) is 1. The Hall–Kier alpha value is -3.72. The van der Waals surface area contributed by atoms with E-state index in [1.165, 1.54) is 33.7 Å². The third-order valence-electron chi connectivity index (χ3n) is 7.10. The minimum Gasteiger partial charge on any atom is -0.466 e. The maximum absolute atomic E-state index is 12.6. The molecule has 0 saturated carbocycles. The third-order valence-corrected chi connectivity index (χ3v) is 8.15. The van der Waals surface area contributed by atoms with Crippen LogP contribution in [0.5, 0.6) is 0 Å². The number of amides is 1. The lowest BCUT2D eigenvalue weighted by Gasteiger charge is -2.35. The van der Waals surface area contributed by atoms with Gasteiger partial charge in [0.1, 0.15) is 0 Å². The van der Waals surface area contributed by atoms with Crippen LogP contribution in [0.2, 0.25) is 5.02 Å². The lowest BCUT2D eigenvalue weighted by atomic mass is 9.85. The molecule has 0 aliphatic carbocycles. The molecule has 1 saturated heterocycles. The van der Waals surface area contributed by atoms with Crippen LogP contribution in [0.4, 0.5) is 10.8 Å². The van der Waals surface area contributed by atoms with Gasteiger partial charge in [0, 0.05) is 48.2 Å². The van der Waals surface area contributed by atoms with Crippen molar-refractivity contribution in [1.29, 1.82) is 0 Å². The number of anilines is 2. The second kappa shape index (κ2) is 13.8. The van der Waals surface area contributed by atoms with Crippen LogP contribution in [-0.4, -0.2) is 61.1 Å². The second-order valence-corrected chi connectivity index (χ2v) is 11.2. The number of carbonyl (C=O) groups is 2. The van der Waals surface area contributed by atoms with Crippen molar-refractivity contribution in [3.63, 3.8) is 0 Å². The summed E-state index contributed by atoms with van der Waals surface area (Å²) in [4.78, 5) is 33.1. The SMILES string of the molecule is CCOC(=O)Cc1csc(NC(=O)CN2CCN(c3ccc(C(c4ccccc4)c4ccc(Cl)cc4)cc3)CC2)n1. The van der Waals surface area contributed by atoms with Gasteiger partial charge in [-0.05, 0) is 47.9 Å². The Morgan fingerprint density at radius 2 is 1.56 bits per heavy atom. The molecular weight excluding hydrogens is 556 g/mol. The van der Waals surface area contributed by atoms with Crippen molar-refractivity contribution in [2.45, 2.75) is 19.3 Å². The zero-order valence-corrected chi connectivity index (χ0v) is 24.5. The summed E-state index contributed by atoms with van der Waals surface area (Å²) in [5, 5.41) is 5.86. The number of carbonyl (C=O) groups excluding carboxylic acids is 2. The Bertz CT molecular complexity index is 1440. The van der Waals surface area contributed by atoms with Crippen LogP contribution in [0.25, 0.3) is 0 Å². The minimum absolute atomic E-state index is 0.103. The Balaban J connectivity index is 1.15. The molecule has 1 fully saturated rings. The van der Waals surface area contributed by atoms with Gasteiger partial charge in [0.15, 0.2) is 5.13 Å². The quantitative estimate of drug-likeness (QED) is 0.185. The molecule has 212 valence electrons. The van der Waals surface area contributed by atoms with E-state index in [1.807, 2.05) is 18.2 Å². The van der Waals surface area contributed by atoms with Crippen molar-refractivity contribution >= 4 is 45.6 Å². The highest BCUT2D eigenvalue weighted by atomic mass is 35.5. The molecule has 0 bridgehead atoms. The number of thiazole rings is 1. The van der Waals surface area contributed by atoms with Gasteiger partial charge in [-0.15, -0.1) is 11.3 Å². The van der Waals surface area contributed by atoms with E-state index in [1.54, 1.807) is 12.3 Å². The highest BCUT2D eigenvalue weighted by molar-refractivity contribution is 7.13. The molecule has 2 heterocycles. The number of aromatic nitrogens is 1. The van der Waals surface area contributed by atoms with Gasteiger partial charge in [0.2, 0.25) is 5.91 Å². The van der Waals surface area contributed by atoms with Crippen LogP contribution >= 0.6 is 22.9 Å². The van der Waals surface area contributed by atoms with E-state index in [0.29, 0.717) is 24.0 Å². The molecule has 3 aromatic carbocycles. The first-order valence-corrected chi connectivity index (χ1v) is 15.0. The van der Waals surface area contributed by atoms with E-state index in [0.717, 1.165) is 31.2 Å². The largest absolute Gasteiger partial charge is 0.466 e. The molecule has 4 aromatic rings. The number of benzene rings is 3. The van der Waals surface area contributed by atoms with Crippen molar-refractivity contribution < 1.29 is 14.3 Å². The number of rotatable bonds is 10. The first-order valence-electron chi connectivity index (χ1n) is 13.8. The van der Waals surface area contributed by atoms with Crippen molar-refractivity contribution in [3.05, 3.63) is 112 Å². The molecule has 0 radical (unpaired) electrons. The maximum Gasteiger partial charge on any atom is 0.311 e. The monoisotopic (exact) mass is 588 g/mol. The molecule has 7 nitrogen and oxygen atoms in total. The van der Waals surface area contributed by atoms with E-state index < -0.39 is 0 Å². The summed E-state index contributed by atoms with van der Waals surface area (Å²) in [6.45, 7) is 5.67. The fraction of sp³-hybridized carbons (Fsp3) is 0.281. The lowest BCUT2D eigenvalue weighted by Crippen LogP contribution is -2.48. The predicted octanol–water partition coefficient (Wildman–Crippen LogP) is 5.84. The number of nitrogens with zero attached hydrogens (tertiary/aromatic N) is 3. The molecule has 1 atom stereocenters. The van der Waals surface area contributed by atoms with Crippen LogP contribution in [0, 0.1) is 0 Å². The van der Waals surface area contributed by atoms with Gasteiger partial charge in [0.05, 0.1) is 25.3 Å². The first kappa shape index (κ1) is 28.8. The van der Waals surface area contributed by atoms with Crippen LogP contribution in [-0.2, 0) is 20.7 Å². The number of esters is 1. The van der Waals surface area contributed by atoms with Crippen LogP contribution in [0.1, 0.15) is 35.2 Å². The van der Waals surface area contributed by atoms with E-state index in [2.05, 4.69) is 80.8 Å². The molecular formula is C32H33ClN4O3S. The first-order chi connectivity index (χ1) is 20.0. The Morgan fingerprint density at radius 3 is 2.22 bits per heavy atom. The normalized spacial score (nSPS) is 14.4. The molecule has 5 rings (SSSR count). The van der Waals surface area contributed by atoms with Gasteiger partial charge >= 0.3 is 5.97 Å². The molecule has 1 aliphatic heterocycles. The van der Waals surface area contributed by atoms with Crippen molar-refractivity contribution in [3.8, 4) is 0 Å². The second-order valence-electron chi connectivity index (χ2n) is 9.92. The Labute approximate surface area is 249 Å². The summed E-state index contributed by atoms with van der Waals surface area (Å²) < 4.78 is 4.96. The summed E-state index contributed by atoms with van der Waals surface area (Å²) in [7, 11) is 0. The molecule has 0 spiro atoms. The number of ether oxygens (including phenoxy) is 1. The van der Waals surface area contributed by atoms with Gasteiger partial charge in [-0.25, -0.2) is 4.98 Å². The van der Waals surface area contributed by atoms with E-state index in [4.69, 9.17) is 16.3 Å². The summed E-state index contributed by atoms with van der Waals surface area (Å²) in [5.41, 5.74) is 5.45. The standard InChI is InChI=1S/C32H33ClN4O3S/c1-2-40-30(39)20-27-22-41-32(34-27)35-29(38)21-36-16-18-37(19-17-36)28-14-10-25(11-15-28)31(23-6-4-3-5-7-23)24-8-12-26(33)13-9-24/h3-15,22,31H,2,16-21H2,1H3,(H,34,35,38). The molecule has 41 heavy (non-hydrogen) atoms. The minimum atomic E-state index is -0.319. The van der Waals surface area contributed by atoms with E-state index >= 15 is 0 Å². The molecule has 1 aliphatic rings. The molecule has 1 N–H and O–H groups in total. The Morgan fingerprint density at radius 1 is 0.927 bits per heavy atom. The smallest absolute Gasteiger partial charge is 0.311 e. The predicted molar refractivity (Wildman–Crippen MR) is 165 cm³/mol. The highest BCUT2D eigenvalue weighted by Crippen LogP contribution is 2.33. The molecule has 9 heteroatoms.